The SMILES string of the molecule is Cc1ccc(C(=O)Cn2cnc3sc(-c4ccccc4)cc3c2=O)cc1C. The van der Waals surface area contributed by atoms with Crippen molar-refractivity contribution in [3.8, 4) is 10.4 Å². The fraction of sp³-hybridized carbons (Fsp3) is 0.136. The van der Waals surface area contributed by atoms with Gasteiger partial charge in [0.05, 0.1) is 18.3 Å². The molecule has 2 aromatic carbocycles. The zero-order valence-corrected chi connectivity index (χ0v) is 15.9. The maximum absolute atomic E-state index is 12.8. The molecule has 0 saturated carbocycles. The summed E-state index contributed by atoms with van der Waals surface area (Å²) in [6.45, 7) is 3.97. The van der Waals surface area contributed by atoms with Gasteiger partial charge in [0.15, 0.2) is 5.78 Å². The van der Waals surface area contributed by atoms with Gasteiger partial charge in [-0.1, -0.05) is 42.5 Å². The van der Waals surface area contributed by atoms with Gasteiger partial charge < -0.3 is 0 Å². The Balaban J connectivity index is 1.68. The second kappa shape index (κ2) is 6.93. The van der Waals surface area contributed by atoms with E-state index in [0.717, 1.165) is 21.6 Å². The largest absolute Gasteiger partial charge is 0.292 e. The first kappa shape index (κ1) is 17.4. The fourth-order valence-electron chi connectivity index (χ4n) is 2.98. The summed E-state index contributed by atoms with van der Waals surface area (Å²) in [7, 11) is 0. The third-order valence-corrected chi connectivity index (χ3v) is 5.81. The van der Waals surface area contributed by atoms with E-state index >= 15 is 0 Å². The number of fused-ring (bicyclic) bond motifs is 1. The number of rotatable bonds is 4. The highest BCUT2D eigenvalue weighted by Crippen LogP contribution is 2.30. The zero-order valence-electron chi connectivity index (χ0n) is 15.1. The molecule has 0 fully saturated rings. The molecule has 0 aliphatic rings. The predicted molar refractivity (Wildman–Crippen MR) is 110 cm³/mol. The summed E-state index contributed by atoms with van der Waals surface area (Å²) in [6, 6.07) is 17.4. The highest BCUT2D eigenvalue weighted by molar-refractivity contribution is 7.21. The molecule has 2 heterocycles. The van der Waals surface area contributed by atoms with Crippen molar-refractivity contribution < 1.29 is 4.79 Å². The standard InChI is InChI=1S/C22H18N2O2S/c1-14-8-9-17(10-15(14)2)19(25)12-24-13-23-21-18(22(24)26)11-20(27-21)16-6-4-3-5-7-16/h3-11,13H,12H2,1-2H3. The molecule has 0 spiro atoms. The molecule has 0 bridgehead atoms. The van der Waals surface area contributed by atoms with Crippen LogP contribution in [0.25, 0.3) is 20.7 Å². The van der Waals surface area contributed by atoms with Crippen molar-refractivity contribution in [2.45, 2.75) is 20.4 Å². The Kier molecular flexibility index (Phi) is 4.46. The van der Waals surface area contributed by atoms with Crippen LogP contribution in [0.3, 0.4) is 0 Å². The fourth-order valence-corrected chi connectivity index (χ4v) is 3.97. The molecule has 0 aliphatic carbocycles. The van der Waals surface area contributed by atoms with Gasteiger partial charge in [-0.2, -0.15) is 0 Å². The highest BCUT2D eigenvalue weighted by atomic mass is 32.1. The lowest BCUT2D eigenvalue weighted by molar-refractivity contribution is 0.0970. The molecule has 4 aromatic rings. The number of aromatic nitrogens is 2. The summed E-state index contributed by atoms with van der Waals surface area (Å²) in [6.07, 6.45) is 1.47. The molecule has 4 rings (SSSR count). The van der Waals surface area contributed by atoms with Crippen LogP contribution in [0.4, 0.5) is 0 Å². The molecule has 4 nitrogen and oxygen atoms in total. The summed E-state index contributed by atoms with van der Waals surface area (Å²) in [5.74, 6) is -0.0973. The Hall–Kier alpha value is -3.05. The molecule has 0 unspecified atom stereocenters. The van der Waals surface area contributed by atoms with E-state index in [4.69, 9.17) is 0 Å². The number of carbonyl (C=O) groups is 1. The van der Waals surface area contributed by atoms with E-state index in [2.05, 4.69) is 4.98 Å². The van der Waals surface area contributed by atoms with Crippen molar-refractivity contribution in [3.05, 3.63) is 88.0 Å². The van der Waals surface area contributed by atoms with Gasteiger partial charge >= 0.3 is 0 Å². The van der Waals surface area contributed by atoms with Crippen molar-refractivity contribution in [2.75, 3.05) is 0 Å². The van der Waals surface area contributed by atoms with Crippen molar-refractivity contribution >= 4 is 27.3 Å². The van der Waals surface area contributed by atoms with Gasteiger partial charge in [-0.3, -0.25) is 14.2 Å². The van der Waals surface area contributed by atoms with Crippen molar-refractivity contribution in [1.29, 1.82) is 0 Å². The smallest absolute Gasteiger partial charge is 0.262 e. The van der Waals surface area contributed by atoms with Crippen LogP contribution in [-0.4, -0.2) is 15.3 Å². The Bertz CT molecular complexity index is 1210. The summed E-state index contributed by atoms with van der Waals surface area (Å²) in [4.78, 5) is 31.5. The third-order valence-electron chi connectivity index (χ3n) is 4.72. The van der Waals surface area contributed by atoms with E-state index in [1.165, 1.54) is 22.2 Å². The second-order valence-corrected chi connectivity index (χ2v) is 7.63. The predicted octanol–water partition coefficient (Wildman–Crippen LogP) is 4.62. The number of carbonyl (C=O) groups excluding carboxylic acids is 1. The van der Waals surface area contributed by atoms with Gasteiger partial charge in [0.25, 0.3) is 5.56 Å². The maximum Gasteiger partial charge on any atom is 0.262 e. The molecular weight excluding hydrogens is 356 g/mol. The van der Waals surface area contributed by atoms with Crippen LogP contribution >= 0.6 is 11.3 Å². The van der Waals surface area contributed by atoms with Crippen LogP contribution in [0.15, 0.2) is 65.7 Å². The van der Waals surface area contributed by atoms with Crippen LogP contribution in [0.5, 0.6) is 0 Å². The van der Waals surface area contributed by atoms with Gasteiger partial charge in [-0.15, -0.1) is 11.3 Å². The number of hydrogen-bond acceptors (Lipinski definition) is 4. The van der Waals surface area contributed by atoms with E-state index in [-0.39, 0.29) is 17.9 Å². The molecule has 134 valence electrons. The normalized spacial score (nSPS) is 11.0. The molecule has 0 N–H and O–H groups in total. The molecule has 0 amide bonds. The monoisotopic (exact) mass is 374 g/mol. The van der Waals surface area contributed by atoms with Gasteiger partial charge in [-0.05, 0) is 42.7 Å². The summed E-state index contributed by atoms with van der Waals surface area (Å²) >= 11 is 1.48. The van der Waals surface area contributed by atoms with E-state index in [1.54, 1.807) is 6.07 Å². The lowest BCUT2D eigenvalue weighted by atomic mass is 10.0. The van der Waals surface area contributed by atoms with Gasteiger partial charge in [0, 0.05) is 10.4 Å². The molecule has 5 heteroatoms. The van der Waals surface area contributed by atoms with Crippen molar-refractivity contribution in [1.82, 2.24) is 9.55 Å². The lowest BCUT2D eigenvalue weighted by Gasteiger charge is -2.06. The Morgan fingerprint density at radius 1 is 1.04 bits per heavy atom. The average Bonchev–Trinajstić information content (AvgIpc) is 3.12. The van der Waals surface area contributed by atoms with Crippen molar-refractivity contribution in [3.63, 3.8) is 0 Å². The molecule has 0 aliphatic heterocycles. The molecule has 0 radical (unpaired) electrons. The molecule has 2 aromatic heterocycles. The number of hydrogen-bond donors (Lipinski definition) is 0. The van der Waals surface area contributed by atoms with Crippen LogP contribution in [0.2, 0.25) is 0 Å². The maximum atomic E-state index is 12.8. The molecule has 0 atom stereocenters. The van der Waals surface area contributed by atoms with E-state index < -0.39 is 0 Å². The summed E-state index contributed by atoms with van der Waals surface area (Å²) < 4.78 is 1.39. The summed E-state index contributed by atoms with van der Waals surface area (Å²) in [5.41, 5.74) is 3.68. The number of nitrogens with zero attached hydrogens (tertiary/aromatic N) is 2. The number of ketones is 1. The van der Waals surface area contributed by atoms with Crippen LogP contribution in [-0.2, 0) is 6.54 Å². The minimum absolute atomic E-state index is 0.0131. The quantitative estimate of drug-likeness (QED) is 0.490. The Labute approximate surface area is 160 Å². The first-order chi connectivity index (χ1) is 13.0. The molecule has 0 saturated heterocycles. The summed E-state index contributed by atoms with van der Waals surface area (Å²) in [5, 5.41) is 0.550. The second-order valence-electron chi connectivity index (χ2n) is 6.60. The number of benzene rings is 2. The van der Waals surface area contributed by atoms with Gasteiger partial charge in [-0.25, -0.2) is 4.98 Å². The van der Waals surface area contributed by atoms with Crippen LogP contribution < -0.4 is 5.56 Å². The lowest BCUT2D eigenvalue weighted by Crippen LogP contribution is -2.24. The average molecular weight is 374 g/mol. The van der Waals surface area contributed by atoms with E-state index in [0.29, 0.717) is 15.8 Å². The number of Topliss-reactive ketones (excluding diaryl/α,β-unsaturated/α-hetero) is 1. The van der Waals surface area contributed by atoms with Crippen LogP contribution in [0, 0.1) is 13.8 Å². The zero-order chi connectivity index (χ0) is 19.0. The number of aryl methyl sites for hydroxylation is 2. The Morgan fingerprint density at radius 3 is 2.56 bits per heavy atom. The third kappa shape index (κ3) is 3.34. The first-order valence-corrected chi connectivity index (χ1v) is 9.49. The van der Waals surface area contributed by atoms with Crippen LogP contribution in [0.1, 0.15) is 21.5 Å². The van der Waals surface area contributed by atoms with Gasteiger partial charge in [0.2, 0.25) is 0 Å². The van der Waals surface area contributed by atoms with E-state index in [1.807, 2.05) is 62.4 Å². The highest BCUT2D eigenvalue weighted by Gasteiger charge is 2.13. The molecular formula is C22H18N2O2S. The minimum Gasteiger partial charge on any atom is -0.292 e. The minimum atomic E-state index is -0.185. The number of thiophene rings is 1. The molecule has 27 heavy (non-hydrogen) atoms. The first-order valence-electron chi connectivity index (χ1n) is 8.68. The van der Waals surface area contributed by atoms with Crippen molar-refractivity contribution in [2.24, 2.45) is 0 Å². The topological polar surface area (TPSA) is 52.0 Å². The van der Waals surface area contributed by atoms with E-state index in [9.17, 15) is 9.59 Å². The Morgan fingerprint density at radius 2 is 1.81 bits per heavy atom. The van der Waals surface area contributed by atoms with Gasteiger partial charge in [0.1, 0.15) is 4.83 Å².